The number of rotatable bonds is 8. The Hall–Kier alpha value is -4.12. The van der Waals surface area contributed by atoms with Crippen LogP contribution in [0.1, 0.15) is 12.5 Å². The standard InChI is InChI=1S/C28H22F4N4O2S/c1-4-38-17-9-10-23-18(11-17)19(12-24(33-23)15-5-7-16(37-3)8-6-15)27-34-35-28(36(27)2)39-14-20-25(31)21(29)13-22(30)26(20)32/h5-13H,4,14H2,1-3H3. The summed E-state index contributed by atoms with van der Waals surface area (Å²) in [6.45, 7) is 2.37. The third-order valence-electron chi connectivity index (χ3n) is 6.10. The molecule has 0 aliphatic heterocycles. The Morgan fingerprint density at radius 3 is 2.23 bits per heavy atom. The molecule has 2 heterocycles. The molecule has 3 aromatic carbocycles. The van der Waals surface area contributed by atoms with Crippen LogP contribution < -0.4 is 9.47 Å². The molecule has 5 rings (SSSR count). The maximum atomic E-state index is 14.2. The van der Waals surface area contributed by atoms with E-state index in [-0.39, 0.29) is 11.8 Å². The fourth-order valence-corrected chi connectivity index (χ4v) is 5.02. The molecule has 2 aromatic heterocycles. The molecular weight excluding hydrogens is 532 g/mol. The summed E-state index contributed by atoms with van der Waals surface area (Å²) in [4.78, 5) is 4.82. The van der Waals surface area contributed by atoms with Crippen LogP contribution in [-0.4, -0.2) is 33.5 Å². The molecule has 0 atom stereocenters. The van der Waals surface area contributed by atoms with E-state index in [2.05, 4.69) is 10.2 Å². The first kappa shape index (κ1) is 26.5. The van der Waals surface area contributed by atoms with Crippen molar-refractivity contribution < 1.29 is 27.0 Å². The zero-order valence-electron chi connectivity index (χ0n) is 21.1. The number of aromatic nitrogens is 4. The van der Waals surface area contributed by atoms with Gasteiger partial charge in [-0.3, -0.25) is 0 Å². The zero-order chi connectivity index (χ0) is 27.7. The van der Waals surface area contributed by atoms with Crippen molar-refractivity contribution in [1.29, 1.82) is 0 Å². The molecule has 0 radical (unpaired) electrons. The quantitative estimate of drug-likeness (QED) is 0.118. The van der Waals surface area contributed by atoms with Crippen LogP contribution in [0, 0.1) is 23.3 Å². The van der Waals surface area contributed by atoms with Crippen LogP contribution in [-0.2, 0) is 12.8 Å². The Kier molecular flexibility index (Phi) is 7.42. The molecule has 39 heavy (non-hydrogen) atoms. The van der Waals surface area contributed by atoms with Gasteiger partial charge in [-0.15, -0.1) is 10.2 Å². The average Bonchev–Trinajstić information content (AvgIpc) is 3.31. The van der Waals surface area contributed by atoms with Crippen molar-refractivity contribution in [2.24, 2.45) is 7.05 Å². The van der Waals surface area contributed by atoms with Crippen molar-refractivity contribution in [2.45, 2.75) is 17.8 Å². The number of nitrogens with zero attached hydrogens (tertiary/aromatic N) is 4. The second-order valence-electron chi connectivity index (χ2n) is 8.50. The Bertz CT molecular complexity index is 1650. The van der Waals surface area contributed by atoms with Crippen molar-refractivity contribution >= 4 is 22.7 Å². The van der Waals surface area contributed by atoms with Crippen LogP contribution in [0.3, 0.4) is 0 Å². The van der Waals surface area contributed by atoms with Crippen LogP contribution in [0.25, 0.3) is 33.5 Å². The van der Waals surface area contributed by atoms with E-state index in [0.717, 1.165) is 22.7 Å². The lowest BCUT2D eigenvalue weighted by Gasteiger charge is -2.12. The van der Waals surface area contributed by atoms with E-state index < -0.39 is 28.8 Å². The van der Waals surface area contributed by atoms with Crippen molar-refractivity contribution in [3.05, 3.63) is 83.4 Å². The summed E-state index contributed by atoms with van der Waals surface area (Å²) in [6, 6.07) is 15.1. The number of hydrogen-bond donors (Lipinski definition) is 0. The molecular formula is C28H22F4N4O2S. The van der Waals surface area contributed by atoms with E-state index in [9.17, 15) is 17.6 Å². The number of benzene rings is 3. The summed E-state index contributed by atoms with van der Waals surface area (Å²) in [5, 5.41) is 9.57. The van der Waals surface area contributed by atoms with Crippen LogP contribution in [0.15, 0.2) is 59.8 Å². The van der Waals surface area contributed by atoms with E-state index in [1.807, 2.05) is 55.5 Å². The van der Waals surface area contributed by atoms with Gasteiger partial charge < -0.3 is 14.0 Å². The van der Waals surface area contributed by atoms with E-state index in [4.69, 9.17) is 14.5 Å². The molecule has 0 saturated carbocycles. The third-order valence-corrected chi connectivity index (χ3v) is 7.15. The topological polar surface area (TPSA) is 62.1 Å². The number of thioether (sulfide) groups is 1. The second kappa shape index (κ2) is 10.9. The molecule has 200 valence electrons. The number of halogens is 4. The van der Waals surface area contributed by atoms with Gasteiger partial charge >= 0.3 is 0 Å². The Morgan fingerprint density at radius 1 is 0.872 bits per heavy atom. The first-order valence-corrected chi connectivity index (χ1v) is 12.9. The Morgan fingerprint density at radius 2 is 1.56 bits per heavy atom. The summed E-state index contributed by atoms with van der Waals surface area (Å²) >= 11 is 0.905. The van der Waals surface area contributed by atoms with Gasteiger partial charge in [0.25, 0.3) is 0 Å². The largest absolute Gasteiger partial charge is 0.497 e. The number of hydrogen-bond acceptors (Lipinski definition) is 6. The fraction of sp³-hybridized carbons (Fsp3) is 0.179. The van der Waals surface area contributed by atoms with Gasteiger partial charge in [0.15, 0.2) is 34.2 Å². The van der Waals surface area contributed by atoms with Gasteiger partial charge in [-0.1, -0.05) is 11.8 Å². The molecule has 0 aliphatic carbocycles. The highest BCUT2D eigenvalue weighted by Crippen LogP contribution is 2.35. The first-order chi connectivity index (χ1) is 18.8. The lowest BCUT2D eigenvalue weighted by Crippen LogP contribution is -2.02. The van der Waals surface area contributed by atoms with Gasteiger partial charge in [-0.25, -0.2) is 22.5 Å². The second-order valence-corrected chi connectivity index (χ2v) is 9.44. The van der Waals surface area contributed by atoms with E-state index in [1.165, 1.54) is 0 Å². The van der Waals surface area contributed by atoms with Crippen LogP contribution in [0.4, 0.5) is 17.6 Å². The van der Waals surface area contributed by atoms with Crippen molar-refractivity contribution in [3.8, 4) is 34.1 Å². The molecule has 0 unspecified atom stereocenters. The van der Waals surface area contributed by atoms with Gasteiger partial charge in [-0.05, 0) is 55.5 Å². The van der Waals surface area contributed by atoms with Crippen LogP contribution in [0.5, 0.6) is 11.5 Å². The summed E-state index contributed by atoms with van der Waals surface area (Å²) in [7, 11) is 3.29. The fourth-order valence-electron chi connectivity index (χ4n) is 4.12. The first-order valence-electron chi connectivity index (χ1n) is 11.9. The van der Waals surface area contributed by atoms with Gasteiger partial charge in [0.1, 0.15) is 11.5 Å². The predicted molar refractivity (Wildman–Crippen MR) is 141 cm³/mol. The number of methoxy groups -OCH3 is 1. The highest BCUT2D eigenvalue weighted by atomic mass is 32.2. The minimum atomic E-state index is -1.46. The minimum Gasteiger partial charge on any atom is -0.497 e. The smallest absolute Gasteiger partial charge is 0.191 e. The maximum Gasteiger partial charge on any atom is 0.191 e. The molecule has 6 nitrogen and oxygen atoms in total. The van der Waals surface area contributed by atoms with E-state index in [1.54, 1.807) is 18.7 Å². The van der Waals surface area contributed by atoms with Gasteiger partial charge in [0, 0.05) is 40.9 Å². The molecule has 0 N–H and O–H groups in total. The van der Waals surface area contributed by atoms with E-state index >= 15 is 0 Å². The zero-order valence-corrected chi connectivity index (χ0v) is 22.0. The molecule has 0 aliphatic rings. The van der Waals surface area contributed by atoms with Crippen molar-refractivity contribution in [2.75, 3.05) is 13.7 Å². The molecule has 0 saturated heterocycles. The summed E-state index contributed by atoms with van der Waals surface area (Å²) in [6.07, 6.45) is 0. The van der Waals surface area contributed by atoms with Gasteiger partial charge in [0.05, 0.1) is 24.9 Å². The highest BCUT2D eigenvalue weighted by Gasteiger charge is 2.22. The maximum absolute atomic E-state index is 14.2. The molecule has 0 amide bonds. The van der Waals surface area contributed by atoms with Crippen LogP contribution in [0.2, 0.25) is 0 Å². The lowest BCUT2D eigenvalue weighted by molar-refractivity contribution is 0.340. The Balaban J connectivity index is 1.58. The SMILES string of the molecule is CCOc1ccc2nc(-c3ccc(OC)cc3)cc(-c3nnc(SCc4c(F)c(F)cc(F)c4F)n3C)c2c1. The summed E-state index contributed by atoms with van der Waals surface area (Å²) < 4.78 is 68.3. The summed E-state index contributed by atoms with van der Waals surface area (Å²) in [5.74, 6) is -4.35. The third kappa shape index (κ3) is 5.14. The molecule has 0 bridgehead atoms. The highest BCUT2D eigenvalue weighted by molar-refractivity contribution is 7.98. The minimum absolute atomic E-state index is 0.185. The predicted octanol–water partition coefficient (Wildman–Crippen LogP) is 6.95. The summed E-state index contributed by atoms with van der Waals surface area (Å²) in [5.41, 5.74) is 2.21. The number of ether oxygens (including phenoxy) is 2. The Labute approximate surface area is 225 Å². The van der Waals surface area contributed by atoms with Crippen molar-refractivity contribution in [3.63, 3.8) is 0 Å². The lowest BCUT2D eigenvalue weighted by atomic mass is 10.0. The number of fused-ring (bicyclic) bond motifs is 1. The van der Waals surface area contributed by atoms with E-state index in [0.29, 0.717) is 45.9 Å². The molecule has 5 aromatic rings. The average molecular weight is 555 g/mol. The number of pyridine rings is 1. The van der Waals surface area contributed by atoms with Gasteiger partial charge in [-0.2, -0.15) is 0 Å². The normalized spacial score (nSPS) is 11.3. The van der Waals surface area contributed by atoms with Gasteiger partial charge in [0.2, 0.25) is 0 Å². The monoisotopic (exact) mass is 554 g/mol. The molecule has 11 heteroatoms. The van der Waals surface area contributed by atoms with Crippen molar-refractivity contribution in [1.82, 2.24) is 19.7 Å². The molecule has 0 spiro atoms. The molecule has 0 fully saturated rings. The van der Waals surface area contributed by atoms with Crippen LogP contribution >= 0.6 is 11.8 Å².